The summed E-state index contributed by atoms with van der Waals surface area (Å²) >= 11 is 0. The summed E-state index contributed by atoms with van der Waals surface area (Å²) < 4.78 is 4.99. The number of anilines is 7. The van der Waals surface area contributed by atoms with Crippen molar-refractivity contribution in [1.29, 1.82) is 0 Å². The van der Waals surface area contributed by atoms with Crippen LogP contribution in [0.15, 0.2) is 243 Å². The van der Waals surface area contributed by atoms with E-state index in [-0.39, 0.29) is 6.71 Å². The summed E-state index contributed by atoms with van der Waals surface area (Å²) in [6.45, 7) is 2.10. The number of rotatable bonds is 6. The molecule has 0 N–H and O–H groups in total. The van der Waals surface area contributed by atoms with Gasteiger partial charge in [-0.15, -0.1) is 0 Å². The summed E-state index contributed by atoms with van der Waals surface area (Å²) in [6.07, 6.45) is 4.31. The van der Waals surface area contributed by atoms with Crippen LogP contribution in [0.5, 0.6) is 0 Å². The first-order valence-corrected chi connectivity index (χ1v) is 27.9. The van der Waals surface area contributed by atoms with Crippen molar-refractivity contribution in [2.75, 3.05) is 27.8 Å². The number of fused-ring (bicyclic) bond motifs is 12. The third-order valence-electron chi connectivity index (χ3n) is 17.7. The van der Waals surface area contributed by atoms with Gasteiger partial charge in [0.2, 0.25) is 0 Å². The lowest BCUT2D eigenvalue weighted by molar-refractivity contribution is 0.635. The largest absolute Gasteiger partial charge is 0.371 e. The molecular weight excluding hydrogens is 946 g/mol. The van der Waals surface area contributed by atoms with Crippen molar-refractivity contribution in [3.05, 3.63) is 254 Å². The van der Waals surface area contributed by atoms with Gasteiger partial charge >= 0.3 is 0 Å². The molecule has 0 bridgehead atoms. The normalized spacial score (nSPS) is 14.3. The maximum Gasteiger partial charge on any atom is 0.252 e. The highest BCUT2D eigenvalue weighted by atomic mass is 15.2. The molecule has 0 atom stereocenters. The van der Waals surface area contributed by atoms with E-state index in [1.807, 2.05) is 0 Å². The fourth-order valence-corrected chi connectivity index (χ4v) is 14.5. The minimum absolute atomic E-state index is 0.0436. The Morgan fingerprint density at radius 3 is 1.05 bits per heavy atom. The summed E-state index contributed by atoms with van der Waals surface area (Å²) in [6, 6.07) is 91.0. The van der Waals surface area contributed by atoms with Gasteiger partial charge in [0.1, 0.15) is 0 Å². The second-order valence-electron chi connectivity index (χ2n) is 21.8. The molecule has 11 aromatic carbocycles. The fourth-order valence-electron chi connectivity index (χ4n) is 14.5. The minimum atomic E-state index is -0.0436. The molecule has 5 nitrogen and oxygen atoms in total. The third-order valence-corrected chi connectivity index (χ3v) is 17.7. The molecular formula is C72H52BN5. The molecule has 4 aliphatic rings. The Bertz CT molecular complexity index is 4180. The van der Waals surface area contributed by atoms with Gasteiger partial charge in [0.25, 0.3) is 6.71 Å². The SMILES string of the molecule is c1ccc(-c2ccc(N3c4cc(-n5c6ccccc6c6ccccc65)ccc4B4c5ccc(-n6c7ccccc7c7ccccc76)cc5N(c5ccc(-c6ccccc6)cc5)c5c6c7c(c3c54)CCCN7CCC6)cc2)cc1. The van der Waals surface area contributed by atoms with Crippen molar-refractivity contribution in [2.45, 2.75) is 25.7 Å². The number of para-hydroxylation sites is 4. The van der Waals surface area contributed by atoms with Gasteiger partial charge in [0, 0.05) is 85.8 Å². The molecule has 4 aliphatic heterocycles. The van der Waals surface area contributed by atoms with Crippen LogP contribution in [0.3, 0.4) is 0 Å². The first-order valence-electron chi connectivity index (χ1n) is 27.9. The topological polar surface area (TPSA) is 19.6 Å². The lowest BCUT2D eigenvalue weighted by Gasteiger charge is -2.49. The van der Waals surface area contributed by atoms with E-state index in [4.69, 9.17) is 0 Å². The van der Waals surface area contributed by atoms with Crippen molar-refractivity contribution < 1.29 is 0 Å². The van der Waals surface area contributed by atoms with E-state index in [1.165, 1.54) is 133 Å². The zero-order chi connectivity index (χ0) is 51.0. The molecule has 17 rings (SSSR count). The second kappa shape index (κ2) is 17.0. The molecule has 368 valence electrons. The number of aromatic nitrogens is 2. The predicted molar refractivity (Wildman–Crippen MR) is 329 cm³/mol. The molecule has 78 heavy (non-hydrogen) atoms. The van der Waals surface area contributed by atoms with E-state index in [2.05, 4.69) is 266 Å². The molecule has 0 spiro atoms. The zero-order valence-corrected chi connectivity index (χ0v) is 43.2. The molecule has 0 unspecified atom stereocenters. The molecule has 0 aliphatic carbocycles. The summed E-state index contributed by atoms with van der Waals surface area (Å²) in [4.78, 5) is 8.14. The molecule has 6 heterocycles. The van der Waals surface area contributed by atoms with Crippen LogP contribution in [-0.4, -0.2) is 28.9 Å². The maximum absolute atomic E-state index is 2.75. The smallest absolute Gasteiger partial charge is 0.252 e. The molecule has 2 aromatic heterocycles. The summed E-state index contributed by atoms with van der Waals surface area (Å²) in [5, 5.41) is 5.06. The Labute approximate surface area is 454 Å². The van der Waals surface area contributed by atoms with Gasteiger partial charge in [-0.3, -0.25) is 0 Å². The van der Waals surface area contributed by atoms with E-state index in [1.54, 1.807) is 0 Å². The summed E-state index contributed by atoms with van der Waals surface area (Å²) in [7, 11) is 0. The van der Waals surface area contributed by atoms with Crippen molar-refractivity contribution in [3.63, 3.8) is 0 Å². The van der Waals surface area contributed by atoms with Crippen molar-refractivity contribution in [2.24, 2.45) is 0 Å². The molecule has 0 radical (unpaired) electrons. The third kappa shape index (κ3) is 6.31. The van der Waals surface area contributed by atoms with Crippen LogP contribution in [0.25, 0.3) is 77.2 Å². The lowest BCUT2D eigenvalue weighted by Crippen LogP contribution is -2.62. The average molecular weight is 998 g/mol. The molecule has 6 heteroatoms. The Morgan fingerprint density at radius 1 is 0.308 bits per heavy atom. The van der Waals surface area contributed by atoms with Gasteiger partial charge in [-0.2, -0.15) is 0 Å². The highest BCUT2D eigenvalue weighted by Gasteiger charge is 2.48. The van der Waals surface area contributed by atoms with Gasteiger partial charge < -0.3 is 23.8 Å². The van der Waals surface area contributed by atoms with Gasteiger partial charge in [0.15, 0.2) is 0 Å². The van der Waals surface area contributed by atoms with Crippen LogP contribution in [0.4, 0.5) is 39.8 Å². The average Bonchev–Trinajstić information content (AvgIpc) is 4.06. The van der Waals surface area contributed by atoms with Crippen LogP contribution in [0.1, 0.15) is 24.0 Å². The Balaban J connectivity index is 0.982. The van der Waals surface area contributed by atoms with Gasteiger partial charge in [0.05, 0.1) is 22.1 Å². The van der Waals surface area contributed by atoms with E-state index < -0.39 is 0 Å². The number of hydrogen-bond donors (Lipinski definition) is 0. The van der Waals surface area contributed by atoms with Crippen LogP contribution in [0, 0.1) is 0 Å². The highest BCUT2D eigenvalue weighted by Crippen LogP contribution is 2.54. The summed E-state index contributed by atoms with van der Waals surface area (Å²) in [5.74, 6) is 0. The maximum atomic E-state index is 2.75. The first kappa shape index (κ1) is 43.7. The van der Waals surface area contributed by atoms with Crippen molar-refractivity contribution in [1.82, 2.24) is 9.13 Å². The molecule has 0 fully saturated rings. The van der Waals surface area contributed by atoms with Gasteiger partial charge in [-0.25, -0.2) is 0 Å². The van der Waals surface area contributed by atoms with Crippen LogP contribution in [0.2, 0.25) is 0 Å². The highest BCUT2D eigenvalue weighted by molar-refractivity contribution is 7.00. The molecule has 0 saturated carbocycles. The number of nitrogens with zero attached hydrogens (tertiary/aromatic N) is 5. The minimum Gasteiger partial charge on any atom is -0.371 e. The van der Waals surface area contributed by atoms with Crippen LogP contribution >= 0.6 is 0 Å². The summed E-state index contributed by atoms with van der Waals surface area (Å²) in [5.41, 5.74) is 28.0. The monoisotopic (exact) mass is 997 g/mol. The quantitative estimate of drug-likeness (QED) is 0.155. The van der Waals surface area contributed by atoms with E-state index in [9.17, 15) is 0 Å². The lowest BCUT2D eigenvalue weighted by atomic mass is 9.33. The van der Waals surface area contributed by atoms with Crippen LogP contribution in [-0.2, 0) is 12.8 Å². The van der Waals surface area contributed by atoms with E-state index >= 15 is 0 Å². The Kier molecular flexibility index (Phi) is 9.52. The molecule has 0 amide bonds. The number of benzene rings is 11. The van der Waals surface area contributed by atoms with E-state index in [0.717, 1.165) is 50.1 Å². The van der Waals surface area contributed by atoms with Gasteiger partial charge in [-0.05, 0) is 148 Å². The Hall–Kier alpha value is -9.52. The first-order chi connectivity index (χ1) is 38.7. The standard InChI is InChI=1S/C72H52BN5/c1-3-17-47(18-4-1)49-31-35-51(36-32-49)77-67-45-53(75-63-27-11-7-21-55(63)56-22-8-12-28-64(56)75)39-41-61(67)73-62-42-40-54(76-65-29-13-9-23-57(65)58-24-10-14-30-66(58)76)46-68(62)78(52-37-33-50(34-38-52)48-19-5-2-6-20-48)72-60-26-16-44-74-43-15-25-59(70(60)74)71(77)69(72)73/h1-14,17-24,27-42,45-46H,15-16,25-26,43-44H2. The molecule has 0 saturated heterocycles. The van der Waals surface area contributed by atoms with E-state index in [0.29, 0.717) is 0 Å². The van der Waals surface area contributed by atoms with Gasteiger partial charge in [-0.1, -0.05) is 170 Å². The molecule has 13 aromatic rings. The predicted octanol–water partition coefficient (Wildman–Crippen LogP) is 16.0. The fraction of sp³-hybridized carbons (Fsp3) is 0.0833. The van der Waals surface area contributed by atoms with Crippen molar-refractivity contribution >= 4 is 107 Å². The number of hydrogen-bond acceptors (Lipinski definition) is 3. The van der Waals surface area contributed by atoms with Crippen LogP contribution < -0.4 is 31.1 Å². The zero-order valence-electron chi connectivity index (χ0n) is 43.2. The second-order valence-corrected chi connectivity index (χ2v) is 21.8. The Morgan fingerprint density at radius 2 is 0.654 bits per heavy atom. The van der Waals surface area contributed by atoms with Crippen molar-refractivity contribution in [3.8, 4) is 33.6 Å².